The fourth-order valence-corrected chi connectivity index (χ4v) is 3.49. The molecule has 2 N–H and O–H groups in total. The summed E-state index contributed by atoms with van der Waals surface area (Å²) in [5, 5.41) is 6.28. The minimum absolute atomic E-state index is 0.101. The number of rotatable bonds is 8. The molecule has 0 radical (unpaired) electrons. The van der Waals surface area contributed by atoms with Crippen molar-refractivity contribution in [3.63, 3.8) is 0 Å². The first-order valence-corrected chi connectivity index (χ1v) is 10.8. The van der Waals surface area contributed by atoms with Crippen LogP contribution in [-0.2, 0) is 4.79 Å². The number of halogens is 2. The van der Waals surface area contributed by atoms with Crippen LogP contribution in [0.15, 0.2) is 78.9 Å². The molecule has 0 aromatic heterocycles. The quantitative estimate of drug-likeness (QED) is 0.451. The lowest BCUT2D eigenvalue weighted by atomic mass is 9.96. The van der Waals surface area contributed by atoms with E-state index in [0.717, 1.165) is 5.56 Å². The van der Waals surface area contributed by atoms with Crippen molar-refractivity contribution in [2.45, 2.75) is 19.3 Å². The van der Waals surface area contributed by atoms with E-state index < -0.39 is 11.8 Å². The van der Waals surface area contributed by atoms with Crippen LogP contribution in [0.25, 0.3) is 0 Å². The average Bonchev–Trinajstić information content (AvgIpc) is 2.80. The Kier molecular flexibility index (Phi) is 8.22. The van der Waals surface area contributed by atoms with Gasteiger partial charge in [-0.3, -0.25) is 9.69 Å². The van der Waals surface area contributed by atoms with Crippen molar-refractivity contribution < 1.29 is 14.0 Å². The second-order valence-corrected chi connectivity index (χ2v) is 7.66. The molecule has 0 saturated heterocycles. The number of anilines is 2. The largest absolute Gasteiger partial charge is 0.354 e. The molecule has 5 nitrogen and oxygen atoms in total. The van der Waals surface area contributed by atoms with E-state index >= 15 is 0 Å². The fourth-order valence-electron chi connectivity index (χ4n) is 3.37. The van der Waals surface area contributed by atoms with Gasteiger partial charge in [-0.25, -0.2) is 9.18 Å². The molecule has 32 heavy (non-hydrogen) atoms. The van der Waals surface area contributed by atoms with Crippen LogP contribution in [0.1, 0.15) is 24.8 Å². The van der Waals surface area contributed by atoms with Gasteiger partial charge in [-0.1, -0.05) is 48.9 Å². The van der Waals surface area contributed by atoms with E-state index in [1.54, 1.807) is 24.3 Å². The van der Waals surface area contributed by atoms with E-state index in [0.29, 0.717) is 22.8 Å². The van der Waals surface area contributed by atoms with Crippen molar-refractivity contribution in [1.82, 2.24) is 5.32 Å². The number of hydrogen-bond acceptors (Lipinski definition) is 2. The number of carbonyl (C=O) groups excluding carboxylic acids is 2. The molecule has 3 aromatic carbocycles. The van der Waals surface area contributed by atoms with Crippen molar-refractivity contribution in [3.05, 3.63) is 95.3 Å². The summed E-state index contributed by atoms with van der Waals surface area (Å²) in [7, 11) is 0. The Bertz CT molecular complexity index is 1030. The van der Waals surface area contributed by atoms with E-state index in [-0.39, 0.29) is 24.9 Å². The number of nitrogens with zero attached hydrogens (tertiary/aromatic N) is 1. The van der Waals surface area contributed by atoms with Crippen LogP contribution in [0, 0.1) is 5.82 Å². The average molecular weight is 454 g/mol. The number of nitrogens with one attached hydrogen (secondary N) is 2. The summed E-state index contributed by atoms with van der Waals surface area (Å²) in [5.74, 6) is -0.761. The molecule has 0 fully saturated rings. The number of hydrogen-bond donors (Lipinski definition) is 2. The molecule has 3 aromatic rings. The lowest BCUT2D eigenvalue weighted by Crippen LogP contribution is -2.42. The highest BCUT2D eigenvalue weighted by Crippen LogP contribution is 2.20. The highest BCUT2D eigenvalue weighted by Gasteiger charge is 2.20. The zero-order valence-electron chi connectivity index (χ0n) is 17.7. The fraction of sp³-hybridized carbons (Fsp3) is 0.200. The van der Waals surface area contributed by atoms with Crippen LogP contribution in [-0.4, -0.2) is 25.0 Å². The molecule has 7 heteroatoms. The summed E-state index contributed by atoms with van der Waals surface area (Å²) in [4.78, 5) is 27.1. The predicted molar refractivity (Wildman–Crippen MR) is 127 cm³/mol. The van der Waals surface area contributed by atoms with Crippen molar-refractivity contribution in [2.24, 2.45) is 0 Å². The maximum Gasteiger partial charge on any atom is 0.326 e. The van der Waals surface area contributed by atoms with Gasteiger partial charge in [0.05, 0.1) is 5.92 Å². The minimum atomic E-state index is -0.400. The van der Waals surface area contributed by atoms with E-state index in [1.165, 1.54) is 29.2 Å². The third-order valence-corrected chi connectivity index (χ3v) is 5.29. The second-order valence-electron chi connectivity index (χ2n) is 7.23. The lowest BCUT2D eigenvalue weighted by molar-refractivity contribution is -0.122. The molecule has 166 valence electrons. The second kappa shape index (κ2) is 11.3. The van der Waals surface area contributed by atoms with E-state index in [2.05, 4.69) is 10.6 Å². The summed E-state index contributed by atoms with van der Waals surface area (Å²) in [6.45, 7) is 2.41. The highest BCUT2D eigenvalue weighted by molar-refractivity contribution is 6.30. The van der Waals surface area contributed by atoms with Gasteiger partial charge >= 0.3 is 6.03 Å². The Morgan fingerprint density at radius 3 is 2.25 bits per heavy atom. The van der Waals surface area contributed by atoms with Crippen LogP contribution in [0.4, 0.5) is 20.6 Å². The maximum atomic E-state index is 13.4. The Morgan fingerprint density at radius 1 is 0.969 bits per heavy atom. The van der Waals surface area contributed by atoms with Gasteiger partial charge in [-0.15, -0.1) is 0 Å². The Labute approximate surface area is 192 Å². The molecular formula is C25H25ClFN3O2. The zero-order valence-corrected chi connectivity index (χ0v) is 18.5. The predicted octanol–water partition coefficient (Wildman–Crippen LogP) is 5.83. The van der Waals surface area contributed by atoms with Crippen molar-refractivity contribution in [3.8, 4) is 0 Å². The number of urea groups is 1. The molecule has 3 rings (SSSR count). The Morgan fingerprint density at radius 2 is 1.62 bits per heavy atom. The van der Waals surface area contributed by atoms with Crippen LogP contribution in [0.3, 0.4) is 0 Å². The van der Waals surface area contributed by atoms with Crippen LogP contribution in [0.2, 0.25) is 5.02 Å². The molecule has 1 unspecified atom stereocenters. The van der Waals surface area contributed by atoms with Crippen LogP contribution in [0.5, 0.6) is 0 Å². The van der Waals surface area contributed by atoms with Gasteiger partial charge in [0.25, 0.3) is 0 Å². The summed E-state index contributed by atoms with van der Waals surface area (Å²) in [6.07, 6.45) is 0.661. The molecule has 1 atom stereocenters. The van der Waals surface area contributed by atoms with Crippen molar-refractivity contribution in [1.29, 1.82) is 0 Å². The monoisotopic (exact) mass is 453 g/mol. The van der Waals surface area contributed by atoms with Gasteiger partial charge < -0.3 is 10.6 Å². The maximum absolute atomic E-state index is 13.4. The first kappa shape index (κ1) is 23.3. The highest BCUT2D eigenvalue weighted by atomic mass is 35.5. The number of benzene rings is 3. The summed E-state index contributed by atoms with van der Waals surface area (Å²) in [5.41, 5.74) is 2.04. The summed E-state index contributed by atoms with van der Waals surface area (Å²) >= 11 is 5.90. The van der Waals surface area contributed by atoms with Gasteiger partial charge in [0, 0.05) is 29.5 Å². The molecular weight excluding hydrogens is 429 g/mol. The van der Waals surface area contributed by atoms with Gasteiger partial charge in [0.1, 0.15) is 5.82 Å². The molecule has 3 amide bonds. The topological polar surface area (TPSA) is 61.4 Å². The molecule has 0 saturated carbocycles. The lowest BCUT2D eigenvalue weighted by Gasteiger charge is -2.24. The number of amides is 3. The SMILES string of the molecule is CCC(C(=O)NCCN(C(=O)Nc1ccc(Cl)cc1)c1ccc(F)cc1)c1ccccc1. The van der Waals surface area contributed by atoms with E-state index in [9.17, 15) is 14.0 Å². The number of carbonyl (C=O) groups is 2. The van der Waals surface area contributed by atoms with E-state index in [4.69, 9.17) is 11.6 Å². The molecule has 0 aliphatic carbocycles. The molecule has 0 aliphatic heterocycles. The first-order chi connectivity index (χ1) is 15.5. The summed E-state index contributed by atoms with van der Waals surface area (Å²) in [6, 6.07) is 21.5. The third-order valence-electron chi connectivity index (χ3n) is 5.04. The Hall–Kier alpha value is -3.38. The van der Waals surface area contributed by atoms with Gasteiger partial charge in [0.2, 0.25) is 5.91 Å². The molecule has 0 spiro atoms. The van der Waals surface area contributed by atoms with Gasteiger partial charge in [-0.05, 0) is 60.5 Å². The van der Waals surface area contributed by atoms with Gasteiger partial charge in [0.15, 0.2) is 0 Å². The standard InChI is InChI=1S/C25H25ClFN3O2/c1-2-23(18-6-4-3-5-7-18)24(31)28-16-17-30(22-14-10-20(27)11-15-22)25(32)29-21-12-8-19(26)9-13-21/h3-15,23H,2,16-17H2,1H3,(H,28,31)(H,29,32). The van der Waals surface area contributed by atoms with E-state index in [1.807, 2.05) is 37.3 Å². The van der Waals surface area contributed by atoms with Crippen molar-refractivity contribution >= 4 is 34.9 Å². The summed E-state index contributed by atoms with van der Waals surface area (Å²) < 4.78 is 13.4. The first-order valence-electron chi connectivity index (χ1n) is 10.4. The Balaban J connectivity index is 1.68. The normalized spacial score (nSPS) is 11.5. The van der Waals surface area contributed by atoms with Crippen LogP contribution >= 0.6 is 11.6 Å². The van der Waals surface area contributed by atoms with Crippen LogP contribution < -0.4 is 15.5 Å². The third kappa shape index (κ3) is 6.31. The smallest absolute Gasteiger partial charge is 0.326 e. The van der Waals surface area contributed by atoms with Crippen molar-refractivity contribution in [2.75, 3.05) is 23.3 Å². The molecule has 0 bridgehead atoms. The minimum Gasteiger partial charge on any atom is -0.354 e. The molecule has 0 aliphatic rings. The zero-order chi connectivity index (χ0) is 22.9. The molecule has 0 heterocycles. The van der Waals surface area contributed by atoms with Gasteiger partial charge in [-0.2, -0.15) is 0 Å².